The molecule has 36 heavy (non-hydrogen) atoms. The zero-order chi connectivity index (χ0) is 25.3. The van der Waals surface area contributed by atoms with Gasteiger partial charge in [-0.15, -0.1) is 0 Å². The van der Waals surface area contributed by atoms with Crippen LogP contribution in [-0.4, -0.2) is 61.8 Å². The van der Waals surface area contributed by atoms with Crippen molar-refractivity contribution in [2.75, 3.05) is 46.6 Å². The van der Waals surface area contributed by atoms with Crippen LogP contribution in [0.25, 0.3) is 22.2 Å². The largest absolute Gasteiger partial charge is 0.494 e. The average molecular weight is 495 g/mol. The predicted octanol–water partition coefficient (Wildman–Crippen LogP) is 5.17. The number of methoxy groups -OCH3 is 1. The molecule has 2 aromatic carbocycles. The molecule has 7 heteroatoms. The van der Waals surface area contributed by atoms with Gasteiger partial charge in [0.05, 0.1) is 33.5 Å². The van der Waals surface area contributed by atoms with Gasteiger partial charge in [-0.25, -0.2) is 4.39 Å². The quantitative estimate of drug-likeness (QED) is 0.344. The summed E-state index contributed by atoms with van der Waals surface area (Å²) < 4.78 is 32.7. The van der Waals surface area contributed by atoms with E-state index in [1.54, 1.807) is 12.1 Å². The second kappa shape index (κ2) is 10.2. The first-order chi connectivity index (χ1) is 17.4. The van der Waals surface area contributed by atoms with E-state index in [9.17, 15) is 9.18 Å². The highest BCUT2D eigenvalue weighted by Gasteiger charge is 2.48. The summed E-state index contributed by atoms with van der Waals surface area (Å²) in [7, 11) is 1.45. The molecule has 0 N–H and O–H groups in total. The lowest BCUT2D eigenvalue weighted by Crippen LogP contribution is -2.65. The lowest BCUT2D eigenvalue weighted by molar-refractivity contribution is -0.189. The van der Waals surface area contributed by atoms with Crippen LogP contribution in [0.4, 0.5) is 4.39 Å². The molecule has 5 rings (SSSR count). The van der Waals surface area contributed by atoms with Crippen molar-refractivity contribution in [3.8, 4) is 22.8 Å². The van der Waals surface area contributed by atoms with Crippen LogP contribution in [0, 0.1) is 17.2 Å². The zero-order valence-electron chi connectivity index (χ0n) is 21.4. The number of hydrogen-bond donors (Lipinski definition) is 0. The van der Waals surface area contributed by atoms with Crippen LogP contribution >= 0.6 is 0 Å². The van der Waals surface area contributed by atoms with E-state index in [0.717, 1.165) is 67.2 Å². The highest BCUT2D eigenvalue weighted by Crippen LogP contribution is 2.37. The van der Waals surface area contributed by atoms with Crippen molar-refractivity contribution in [3.05, 3.63) is 48.3 Å². The van der Waals surface area contributed by atoms with Crippen molar-refractivity contribution in [1.82, 2.24) is 9.47 Å². The third-order valence-corrected chi connectivity index (χ3v) is 7.11. The number of likely N-dealkylation sites (tertiary alicyclic amines) is 1. The normalized spacial score (nSPS) is 16.8. The van der Waals surface area contributed by atoms with Crippen molar-refractivity contribution >= 4 is 16.7 Å². The second-order valence-electron chi connectivity index (χ2n) is 10.7. The fourth-order valence-corrected chi connectivity index (χ4v) is 5.38. The highest BCUT2D eigenvalue weighted by molar-refractivity contribution is 5.90. The van der Waals surface area contributed by atoms with Gasteiger partial charge in [-0.2, -0.15) is 0 Å². The van der Waals surface area contributed by atoms with Gasteiger partial charge in [0.25, 0.3) is 0 Å². The summed E-state index contributed by atoms with van der Waals surface area (Å²) in [5, 5.41) is 0.984. The van der Waals surface area contributed by atoms with Gasteiger partial charge in [0.2, 0.25) is 0 Å². The molecular formula is C29H35FN2O4. The Kier molecular flexibility index (Phi) is 7.04. The fourth-order valence-electron chi connectivity index (χ4n) is 5.38. The molecule has 1 aromatic heterocycles. The van der Waals surface area contributed by atoms with Gasteiger partial charge in [0.1, 0.15) is 5.75 Å². The van der Waals surface area contributed by atoms with E-state index in [2.05, 4.69) is 4.90 Å². The third kappa shape index (κ3) is 5.13. The molecule has 3 heterocycles. The molecule has 192 valence electrons. The van der Waals surface area contributed by atoms with Crippen molar-refractivity contribution in [1.29, 1.82) is 0 Å². The van der Waals surface area contributed by atoms with Crippen molar-refractivity contribution in [2.45, 2.75) is 33.2 Å². The summed E-state index contributed by atoms with van der Waals surface area (Å²) in [5.41, 5.74) is 3.05. The molecule has 1 spiro atoms. The highest BCUT2D eigenvalue weighted by atomic mass is 19.1. The smallest absolute Gasteiger partial charge is 0.165 e. The Hall–Kier alpha value is -2.90. The molecule has 0 aliphatic carbocycles. The Labute approximate surface area is 211 Å². The van der Waals surface area contributed by atoms with Crippen LogP contribution in [0.15, 0.2) is 42.5 Å². The first kappa shape index (κ1) is 24.8. The number of benzene rings is 2. The van der Waals surface area contributed by atoms with E-state index < -0.39 is 5.82 Å². The number of ketones is 1. The van der Waals surface area contributed by atoms with Crippen molar-refractivity contribution < 1.29 is 23.4 Å². The minimum Gasteiger partial charge on any atom is -0.494 e. The molecule has 0 unspecified atom stereocenters. The molecule has 6 nitrogen and oxygen atoms in total. The van der Waals surface area contributed by atoms with Crippen LogP contribution in [0.2, 0.25) is 0 Å². The molecule has 0 amide bonds. The monoisotopic (exact) mass is 494 g/mol. The number of carbonyl (C=O) groups is 1. The minimum atomic E-state index is -0.412. The topological polar surface area (TPSA) is 52.9 Å². The zero-order valence-corrected chi connectivity index (χ0v) is 21.4. The van der Waals surface area contributed by atoms with Gasteiger partial charge in [-0.3, -0.25) is 4.79 Å². The molecule has 2 fully saturated rings. The fraction of sp³-hybridized carbons (Fsp3) is 0.483. The van der Waals surface area contributed by atoms with E-state index in [-0.39, 0.29) is 24.0 Å². The second-order valence-corrected chi connectivity index (χ2v) is 10.7. The number of hydrogen-bond acceptors (Lipinski definition) is 5. The van der Waals surface area contributed by atoms with Crippen LogP contribution in [0.5, 0.6) is 11.5 Å². The lowest BCUT2D eigenvalue weighted by atomic mass is 9.78. The minimum absolute atomic E-state index is 0.166. The van der Waals surface area contributed by atoms with E-state index in [1.165, 1.54) is 13.2 Å². The Morgan fingerprint density at radius 2 is 1.94 bits per heavy atom. The first-order valence-electron chi connectivity index (χ1n) is 12.8. The number of aromatic nitrogens is 1. The molecule has 2 aliphatic heterocycles. The summed E-state index contributed by atoms with van der Waals surface area (Å²) in [6.45, 7) is 10.1. The van der Waals surface area contributed by atoms with E-state index in [4.69, 9.17) is 14.2 Å². The maximum atomic E-state index is 14.1. The van der Waals surface area contributed by atoms with Crippen LogP contribution in [-0.2, 0) is 16.1 Å². The van der Waals surface area contributed by atoms with Crippen LogP contribution in [0.1, 0.15) is 26.7 Å². The van der Waals surface area contributed by atoms with Gasteiger partial charge in [0, 0.05) is 53.6 Å². The number of ether oxygens (including phenoxy) is 3. The summed E-state index contributed by atoms with van der Waals surface area (Å²) in [5.74, 6) is 1.03. The summed E-state index contributed by atoms with van der Waals surface area (Å²) in [6.07, 6.45) is 1.48. The van der Waals surface area contributed by atoms with Crippen molar-refractivity contribution in [2.24, 2.45) is 11.3 Å². The number of fused-ring (bicyclic) bond motifs is 1. The Morgan fingerprint density at radius 1 is 1.14 bits per heavy atom. The molecule has 0 saturated carbocycles. The molecular weight excluding hydrogens is 459 g/mol. The Morgan fingerprint density at radius 3 is 2.64 bits per heavy atom. The molecule has 3 aromatic rings. The number of halogens is 1. The standard InChI is InChI=1S/C29H35FN2O4/c1-20(2)11-23(33)15-32-26-8-6-24(36-10-4-9-31-16-29(17-31)18-35-19-29)12-22(26)13-27(32)21-5-7-25(30)28(14-21)34-3/h5-8,12-14,20H,4,9-11,15-19H2,1-3H3. The number of carbonyl (C=O) groups excluding carboxylic acids is 1. The lowest BCUT2D eigenvalue weighted by Gasteiger charge is -2.55. The van der Waals surface area contributed by atoms with Gasteiger partial charge in [0.15, 0.2) is 17.3 Å². The number of nitrogens with zero attached hydrogens (tertiary/aromatic N) is 2. The van der Waals surface area contributed by atoms with Crippen LogP contribution in [0.3, 0.4) is 0 Å². The first-order valence-corrected chi connectivity index (χ1v) is 12.8. The Bertz CT molecular complexity index is 1240. The number of Topliss-reactive ketones (excluding diaryl/α,β-unsaturated/α-hetero) is 1. The van der Waals surface area contributed by atoms with Crippen LogP contribution < -0.4 is 9.47 Å². The third-order valence-electron chi connectivity index (χ3n) is 7.11. The Balaban J connectivity index is 1.32. The van der Waals surface area contributed by atoms with E-state index in [1.807, 2.05) is 42.7 Å². The predicted molar refractivity (Wildman–Crippen MR) is 138 cm³/mol. The van der Waals surface area contributed by atoms with Gasteiger partial charge in [-0.1, -0.05) is 13.8 Å². The van der Waals surface area contributed by atoms with Gasteiger partial charge >= 0.3 is 0 Å². The summed E-state index contributed by atoms with van der Waals surface area (Å²) in [4.78, 5) is 15.2. The van der Waals surface area contributed by atoms with Gasteiger partial charge in [-0.05, 0) is 54.8 Å². The van der Waals surface area contributed by atoms with Gasteiger partial charge < -0.3 is 23.7 Å². The van der Waals surface area contributed by atoms with E-state index >= 15 is 0 Å². The maximum Gasteiger partial charge on any atom is 0.165 e. The SMILES string of the molecule is COc1cc(-c2cc3cc(OCCCN4CC5(COC5)C4)ccc3n2CC(=O)CC(C)C)ccc1F. The van der Waals surface area contributed by atoms with E-state index in [0.29, 0.717) is 18.4 Å². The molecule has 2 aliphatic rings. The number of rotatable bonds is 11. The maximum absolute atomic E-state index is 14.1. The summed E-state index contributed by atoms with van der Waals surface area (Å²) in [6, 6.07) is 12.8. The molecule has 2 saturated heterocycles. The molecule has 0 radical (unpaired) electrons. The molecule has 0 atom stereocenters. The van der Waals surface area contributed by atoms with Crippen molar-refractivity contribution in [3.63, 3.8) is 0 Å². The molecule has 0 bridgehead atoms. The summed E-state index contributed by atoms with van der Waals surface area (Å²) >= 11 is 0. The average Bonchev–Trinajstić information content (AvgIpc) is 3.13.